The van der Waals surface area contributed by atoms with Gasteiger partial charge in [0.25, 0.3) is 0 Å². The molecule has 0 aliphatic carbocycles. The normalized spacial score (nSPS) is 17.2. The van der Waals surface area contributed by atoms with Crippen molar-refractivity contribution in [1.82, 2.24) is 14.8 Å². The van der Waals surface area contributed by atoms with E-state index in [0.717, 1.165) is 11.0 Å². The third-order valence-corrected chi connectivity index (χ3v) is 8.27. The molecule has 1 atom stereocenters. The Kier molecular flexibility index (Phi) is 5.36. The minimum absolute atomic E-state index is 0.147. The first-order valence-corrected chi connectivity index (χ1v) is 11.8. The van der Waals surface area contributed by atoms with E-state index >= 15 is 0 Å². The summed E-state index contributed by atoms with van der Waals surface area (Å²) in [7, 11) is 2.23. The summed E-state index contributed by atoms with van der Waals surface area (Å²) in [5.74, 6) is 0. The second-order valence-electron chi connectivity index (χ2n) is 6.95. The number of piperazine rings is 1. The second kappa shape index (κ2) is 7.86. The molecule has 4 rings (SSSR count). The summed E-state index contributed by atoms with van der Waals surface area (Å²) in [5, 5.41) is 4.12. The molecule has 4 heteroatoms. The number of hydrogen-bond donors (Lipinski definition) is 0. The quantitative estimate of drug-likeness (QED) is 0.376. The summed E-state index contributed by atoms with van der Waals surface area (Å²) in [4.78, 5) is 9.92. The van der Waals surface area contributed by atoms with E-state index in [0.29, 0.717) is 0 Å². The van der Waals surface area contributed by atoms with Gasteiger partial charge in [-0.1, -0.05) is 0 Å². The average molecular weight is 395 g/mol. The zero-order chi connectivity index (χ0) is 17.1. The Morgan fingerprint density at radius 1 is 0.880 bits per heavy atom. The van der Waals surface area contributed by atoms with E-state index < -0.39 is 0 Å². The van der Waals surface area contributed by atoms with E-state index in [-0.39, 0.29) is 15.8 Å². The number of benzene rings is 2. The molecule has 130 valence electrons. The zero-order valence-electron chi connectivity index (χ0n) is 14.9. The Morgan fingerprint density at radius 3 is 2.12 bits per heavy atom. The fourth-order valence-corrected chi connectivity index (χ4v) is 6.53. The van der Waals surface area contributed by atoms with Gasteiger partial charge in [0.2, 0.25) is 0 Å². The number of para-hydroxylation sites is 2. The van der Waals surface area contributed by atoms with Crippen LogP contribution in [0.1, 0.15) is 6.42 Å². The molecule has 0 bridgehead atoms. The maximum atomic E-state index is 4.85. The van der Waals surface area contributed by atoms with Gasteiger partial charge in [0.1, 0.15) is 0 Å². The summed E-state index contributed by atoms with van der Waals surface area (Å²) in [5.41, 5.74) is 2.30. The summed E-state index contributed by atoms with van der Waals surface area (Å²) in [6.45, 7) is 6.17. The van der Waals surface area contributed by atoms with Crippen molar-refractivity contribution in [3.05, 3.63) is 48.5 Å². The molecule has 0 saturated carbocycles. The molecule has 2 heterocycles. The summed E-state index contributed by atoms with van der Waals surface area (Å²) >= 11 is -0.147. The van der Waals surface area contributed by atoms with Gasteiger partial charge in [-0.2, -0.15) is 0 Å². The number of pyridine rings is 1. The van der Waals surface area contributed by atoms with Gasteiger partial charge >= 0.3 is 157 Å². The standard InChI is InChI=1S/C21H26AsN3/c1-24-13-15-25(16-14-24)12-6-11-22-21-17-7-2-4-9-19(17)23-20-10-5-3-8-18(20)21/h2-5,7-10,22H,6,11-16H2,1H3. The number of aromatic nitrogens is 1. The van der Waals surface area contributed by atoms with Crippen LogP contribution in [0.15, 0.2) is 48.5 Å². The van der Waals surface area contributed by atoms with Crippen LogP contribution in [-0.4, -0.2) is 70.3 Å². The van der Waals surface area contributed by atoms with Gasteiger partial charge in [0, 0.05) is 0 Å². The van der Waals surface area contributed by atoms with Crippen LogP contribution < -0.4 is 4.35 Å². The molecule has 1 saturated heterocycles. The van der Waals surface area contributed by atoms with E-state index in [4.69, 9.17) is 4.98 Å². The number of nitrogens with zero attached hydrogens (tertiary/aromatic N) is 3. The van der Waals surface area contributed by atoms with Crippen LogP contribution in [0, 0.1) is 0 Å². The van der Waals surface area contributed by atoms with Gasteiger partial charge in [-0.25, -0.2) is 0 Å². The molecule has 3 aromatic rings. The molecule has 0 radical (unpaired) electrons. The van der Waals surface area contributed by atoms with Crippen LogP contribution >= 0.6 is 0 Å². The first-order chi connectivity index (χ1) is 12.3. The van der Waals surface area contributed by atoms with Crippen LogP contribution in [-0.2, 0) is 0 Å². The van der Waals surface area contributed by atoms with Crippen molar-refractivity contribution < 1.29 is 0 Å². The van der Waals surface area contributed by atoms with Crippen molar-refractivity contribution >= 4 is 41.9 Å². The van der Waals surface area contributed by atoms with E-state index in [2.05, 4.69) is 65.4 Å². The molecule has 0 amide bonds. The fourth-order valence-electron chi connectivity index (χ4n) is 3.62. The van der Waals surface area contributed by atoms with Gasteiger partial charge in [-0.15, -0.1) is 0 Å². The van der Waals surface area contributed by atoms with E-state index in [1.54, 1.807) is 4.35 Å². The first-order valence-electron chi connectivity index (χ1n) is 9.23. The van der Waals surface area contributed by atoms with Gasteiger partial charge < -0.3 is 0 Å². The number of fused-ring (bicyclic) bond motifs is 2. The Labute approximate surface area is 156 Å². The Bertz CT molecular complexity index is 802. The van der Waals surface area contributed by atoms with Gasteiger partial charge in [-0.3, -0.25) is 0 Å². The van der Waals surface area contributed by atoms with Crippen molar-refractivity contribution in [3.8, 4) is 0 Å². The molecular weight excluding hydrogens is 369 g/mol. The van der Waals surface area contributed by atoms with Gasteiger partial charge in [0.05, 0.1) is 0 Å². The number of likely N-dealkylation sites (N-methyl/N-ethyl adjacent to an activating group) is 1. The summed E-state index contributed by atoms with van der Waals surface area (Å²) in [6, 6.07) is 17.3. The van der Waals surface area contributed by atoms with E-state index in [1.165, 1.54) is 55.1 Å². The second-order valence-corrected chi connectivity index (χ2v) is 9.79. The van der Waals surface area contributed by atoms with Crippen molar-refractivity contribution in [1.29, 1.82) is 0 Å². The molecular formula is C21H26AsN3. The molecule has 1 aromatic heterocycles. The topological polar surface area (TPSA) is 19.4 Å². The van der Waals surface area contributed by atoms with Crippen molar-refractivity contribution in [2.75, 3.05) is 39.8 Å². The predicted octanol–water partition coefficient (Wildman–Crippen LogP) is 2.51. The molecule has 1 fully saturated rings. The van der Waals surface area contributed by atoms with Crippen LogP contribution in [0.3, 0.4) is 0 Å². The van der Waals surface area contributed by atoms with Gasteiger partial charge in [0.15, 0.2) is 0 Å². The molecule has 2 aromatic carbocycles. The SMILES string of the molecule is CN1CCN(CCC[AsH]c2c3ccccc3nc3ccccc23)CC1. The summed E-state index contributed by atoms with van der Waals surface area (Å²) < 4.78 is 1.60. The van der Waals surface area contributed by atoms with Crippen molar-refractivity contribution in [2.45, 2.75) is 11.6 Å². The van der Waals surface area contributed by atoms with Crippen LogP contribution in [0.25, 0.3) is 21.8 Å². The van der Waals surface area contributed by atoms with Crippen LogP contribution in [0.4, 0.5) is 0 Å². The first kappa shape index (κ1) is 17.0. The Balaban J connectivity index is 1.48. The Hall–Kier alpha value is -1.41. The maximum absolute atomic E-state index is 4.85. The van der Waals surface area contributed by atoms with Crippen LogP contribution in [0.5, 0.6) is 0 Å². The molecule has 25 heavy (non-hydrogen) atoms. The van der Waals surface area contributed by atoms with Crippen LogP contribution in [0.2, 0.25) is 5.21 Å². The summed E-state index contributed by atoms with van der Waals surface area (Å²) in [6.07, 6.45) is 1.33. The Morgan fingerprint density at radius 2 is 1.48 bits per heavy atom. The molecule has 0 spiro atoms. The van der Waals surface area contributed by atoms with Gasteiger partial charge in [-0.05, 0) is 0 Å². The van der Waals surface area contributed by atoms with Crippen molar-refractivity contribution in [3.63, 3.8) is 0 Å². The van der Waals surface area contributed by atoms with E-state index in [1.807, 2.05) is 0 Å². The fraction of sp³-hybridized carbons (Fsp3) is 0.381. The predicted molar refractivity (Wildman–Crippen MR) is 109 cm³/mol. The zero-order valence-corrected chi connectivity index (χ0v) is 17.0. The monoisotopic (exact) mass is 395 g/mol. The number of rotatable bonds is 5. The molecule has 0 N–H and O–H groups in total. The minimum atomic E-state index is -0.147. The molecule has 1 aliphatic rings. The number of hydrogen-bond acceptors (Lipinski definition) is 3. The molecule has 3 nitrogen and oxygen atoms in total. The van der Waals surface area contributed by atoms with E-state index in [9.17, 15) is 0 Å². The third kappa shape index (κ3) is 3.89. The molecule has 1 aliphatic heterocycles. The average Bonchev–Trinajstić information content (AvgIpc) is 2.66. The molecule has 1 unspecified atom stereocenters. The third-order valence-electron chi connectivity index (χ3n) is 5.14. The van der Waals surface area contributed by atoms with Crippen molar-refractivity contribution in [2.24, 2.45) is 0 Å².